The van der Waals surface area contributed by atoms with Crippen LogP contribution in [-0.4, -0.2) is 24.2 Å². The van der Waals surface area contributed by atoms with Crippen molar-refractivity contribution in [3.8, 4) is 11.8 Å². The molecule has 0 aliphatic heterocycles. The molecule has 0 saturated heterocycles. The first kappa shape index (κ1) is 15.0. The molecule has 0 aliphatic rings. The second kappa shape index (κ2) is 7.41. The van der Waals surface area contributed by atoms with E-state index in [0.29, 0.717) is 11.3 Å². The molecule has 1 heterocycles. The first-order chi connectivity index (χ1) is 10.2. The van der Waals surface area contributed by atoms with Gasteiger partial charge in [-0.1, -0.05) is 0 Å². The van der Waals surface area contributed by atoms with E-state index in [1.54, 1.807) is 24.3 Å². The van der Waals surface area contributed by atoms with Gasteiger partial charge in [0.1, 0.15) is 19.0 Å². The van der Waals surface area contributed by atoms with Gasteiger partial charge in [-0.05, 0) is 31.2 Å². The Kier molecular flexibility index (Phi) is 5.29. The van der Waals surface area contributed by atoms with Crippen LogP contribution in [0.5, 0.6) is 5.75 Å². The molecule has 0 bridgehead atoms. The number of carbonyl (C=O) groups is 1. The van der Waals surface area contributed by atoms with E-state index in [0.717, 1.165) is 10.7 Å². The van der Waals surface area contributed by atoms with Gasteiger partial charge in [-0.3, -0.25) is 4.79 Å². The maximum absolute atomic E-state index is 11.6. The lowest BCUT2D eigenvalue weighted by Gasteiger charge is -2.07. The van der Waals surface area contributed by atoms with E-state index in [4.69, 9.17) is 14.7 Å². The second-order valence-electron chi connectivity index (χ2n) is 4.24. The summed E-state index contributed by atoms with van der Waals surface area (Å²) in [6.07, 6.45) is 0.182. The Morgan fingerprint density at radius 1 is 1.33 bits per heavy atom. The number of hydrogen-bond donors (Lipinski definition) is 0. The van der Waals surface area contributed by atoms with Crippen molar-refractivity contribution in [2.24, 2.45) is 0 Å². The lowest BCUT2D eigenvalue weighted by molar-refractivity contribution is -0.143. The summed E-state index contributed by atoms with van der Waals surface area (Å²) in [6.45, 7) is 2.35. The largest absolute Gasteiger partial charge is 0.490 e. The Balaban J connectivity index is 1.67. The van der Waals surface area contributed by atoms with Crippen molar-refractivity contribution in [2.45, 2.75) is 13.3 Å². The van der Waals surface area contributed by atoms with Crippen LogP contribution in [-0.2, 0) is 16.0 Å². The van der Waals surface area contributed by atoms with Crippen molar-refractivity contribution in [3.63, 3.8) is 0 Å². The standard InChI is InChI=1S/C15H14N2O3S/c1-11-17-13(10-21-11)8-15(18)20-7-6-19-14-4-2-12(9-16)3-5-14/h2-5,10H,6-8H2,1H3. The molecule has 0 saturated carbocycles. The summed E-state index contributed by atoms with van der Waals surface area (Å²) in [5, 5.41) is 11.5. The van der Waals surface area contributed by atoms with Gasteiger partial charge in [0.05, 0.1) is 28.8 Å². The number of nitriles is 1. The monoisotopic (exact) mass is 302 g/mol. The minimum absolute atomic E-state index is 0.182. The zero-order valence-electron chi connectivity index (χ0n) is 11.5. The lowest BCUT2D eigenvalue weighted by Crippen LogP contribution is -2.14. The van der Waals surface area contributed by atoms with Crippen LogP contribution in [0.15, 0.2) is 29.6 Å². The van der Waals surface area contributed by atoms with Crippen molar-refractivity contribution >= 4 is 17.3 Å². The summed E-state index contributed by atoms with van der Waals surface area (Å²) in [4.78, 5) is 15.8. The molecule has 0 N–H and O–H groups in total. The average Bonchev–Trinajstić information content (AvgIpc) is 2.89. The maximum atomic E-state index is 11.6. The van der Waals surface area contributed by atoms with Gasteiger partial charge in [0.15, 0.2) is 0 Å². The van der Waals surface area contributed by atoms with Gasteiger partial charge in [-0.15, -0.1) is 11.3 Å². The highest BCUT2D eigenvalue weighted by Crippen LogP contribution is 2.11. The molecule has 0 radical (unpaired) electrons. The van der Waals surface area contributed by atoms with Gasteiger partial charge < -0.3 is 9.47 Å². The molecule has 2 rings (SSSR count). The smallest absolute Gasteiger partial charge is 0.312 e. The molecule has 108 valence electrons. The molecule has 0 unspecified atom stereocenters. The average molecular weight is 302 g/mol. The third-order valence-corrected chi connectivity index (χ3v) is 3.41. The molecule has 21 heavy (non-hydrogen) atoms. The zero-order chi connectivity index (χ0) is 15.1. The third-order valence-electron chi connectivity index (χ3n) is 2.59. The highest BCUT2D eigenvalue weighted by Gasteiger charge is 2.07. The summed E-state index contributed by atoms with van der Waals surface area (Å²) in [5.41, 5.74) is 1.31. The van der Waals surface area contributed by atoms with Gasteiger partial charge in [-0.2, -0.15) is 5.26 Å². The Morgan fingerprint density at radius 2 is 2.10 bits per heavy atom. The van der Waals surface area contributed by atoms with Crippen LogP contribution in [0.4, 0.5) is 0 Å². The highest BCUT2D eigenvalue weighted by molar-refractivity contribution is 7.09. The molecule has 0 amide bonds. The molecule has 2 aromatic rings. The van der Waals surface area contributed by atoms with Crippen molar-refractivity contribution in [1.29, 1.82) is 5.26 Å². The first-order valence-corrected chi connectivity index (χ1v) is 7.25. The molecule has 6 heteroatoms. The summed E-state index contributed by atoms with van der Waals surface area (Å²) in [5.74, 6) is 0.323. The molecular weight excluding hydrogens is 288 g/mol. The van der Waals surface area contributed by atoms with Crippen LogP contribution in [0.3, 0.4) is 0 Å². The van der Waals surface area contributed by atoms with Crippen molar-refractivity contribution < 1.29 is 14.3 Å². The topological polar surface area (TPSA) is 72.2 Å². The fourth-order valence-corrected chi connectivity index (χ4v) is 2.24. The van der Waals surface area contributed by atoms with Crippen LogP contribution in [0.25, 0.3) is 0 Å². The van der Waals surface area contributed by atoms with E-state index in [1.807, 2.05) is 18.4 Å². The zero-order valence-corrected chi connectivity index (χ0v) is 12.4. The number of esters is 1. The SMILES string of the molecule is Cc1nc(CC(=O)OCCOc2ccc(C#N)cc2)cs1. The van der Waals surface area contributed by atoms with Crippen molar-refractivity contribution in [3.05, 3.63) is 45.9 Å². The second-order valence-corrected chi connectivity index (χ2v) is 5.30. The number of hydrogen-bond acceptors (Lipinski definition) is 6. The number of benzene rings is 1. The summed E-state index contributed by atoms with van der Waals surface area (Å²) in [7, 11) is 0. The molecule has 1 aromatic heterocycles. The summed E-state index contributed by atoms with van der Waals surface area (Å²) >= 11 is 1.51. The Hall–Kier alpha value is -2.39. The molecule has 1 aromatic carbocycles. The fourth-order valence-electron chi connectivity index (χ4n) is 1.63. The van der Waals surface area contributed by atoms with Crippen LogP contribution in [0.2, 0.25) is 0 Å². The molecule has 0 atom stereocenters. The molecule has 0 fully saturated rings. The number of aryl methyl sites for hydroxylation is 1. The minimum Gasteiger partial charge on any atom is -0.490 e. The van der Waals surface area contributed by atoms with E-state index in [2.05, 4.69) is 4.98 Å². The van der Waals surface area contributed by atoms with Crippen LogP contribution in [0.1, 0.15) is 16.3 Å². The van der Waals surface area contributed by atoms with Gasteiger partial charge in [0.2, 0.25) is 0 Å². The minimum atomic E-state index is -0.316. The van der Waals surface area contributed by atoms with E-state index in [1.165, 1.54) is 11.3 Å². The number of nitrogens with zero attached hydrogens (tertiary/aromatic N) is 2. The quantitative estimate of drug-likeness (QED) is 0.605. The van der Waals surface area contributed by atoms with Crippen molar-refractivity contribution in [1.82, 2.24) is 4.98 Å². The van der Waals surface area contributed by atoms with Gasteiger partial charge in [-0.25, -0.2) is 4.98 Å². The summed E-state index contributed by atoms with van der Waals surface area (Å²) < 4.78 is 10.5. The highest BCUT2D eigenvalue weighted by atomic mass is 32.1. The molecule has 0 aliphatic carbocycles. The van der Waals surface area contributed by atoms with Gasteiger partial charge in [0.25, 0.3) is 0 Å². The van der Waals surface area contributed by atoms with E-state index in [9.17, 15) is 4.79 Å². The number of aromatic nitrogens is 1. The number of thiazole rings is 1. The first-order valence-electron chi connectivity index (χ1n) is 6.37. The fraction of sp³-hybridized carbons (Fsp3) is 0.267. The number of ether oxygens (including phenoxy) is 2. The predicted octanol–water partition coefficient (Wildman–Crippen LogP) is 2.49. The van der Waals surface area contributed by atoms with E-state index < -0.39 is 0 Å². The molecule has 5 nitrogen and oxygen atoms in total. The van der Waals surface area contributed by atoms with Gasteiger partial charge >= 0.3 is 5.97 Å². The van der Waals surface area contributed by atoms with Crippen molar-refractivity contribution in [2.75, 3.05) is 13.2 Å². The summed E-state index contributed by atoms with van der Waals surface area (Å²) in [6, 6.07) is 8.79. The maximum Gasteiger partial charge on any atom is 0.312 e. The number of carbonyl (C=O) groups excluding carboxylic acids is 1. The Labute approximate surface area is 126 Å². The lowest BCUT2D eigenvalue weighted by atomic mass is 10.2. The normalized spacial score (nSPS) is 9.90. The van der Waals surface area contributed by atoms with Crippen LogP contribution in [0, 0.1) is 18.3 Å². The van der Waals surface area contributed by atoms with Crippen LogP contribution >= 0.6 is 11.3 Å². The van der Waals surface area contributed by atoms with Gasteiger partial charge in [0, 0.05) is 5.38 Å². The third kappa shape index (κ3) is 4.89. The molecule has 0 spiro atoms. The van der Waals surface area contributed by atoms with Crippen LogP contribution < -0.4 is 4.74 Å². The number of rotatable bonds is 6. The molecular formula is C15H14N2O3S. The predicted molar refractivity (Wildman–Crippen MR) is 78.2 cm³/mol. The Bertz CT molecular complexity index is 644. The Morgan fingerprint density at radius 3 is 2.71 bits per heavy atom. The van der Waals surface area contributed by atoms with E-state index in [-0.39, 0.29) is 25.6 Å². The van der Waals surface area contributed by atoms with E-state index >= 15 is 0 Å².